The van der Waals surface area contributed by atoms with Crippen LogP contribution in [-0.4, -0.2) is 10.9 Å². The van der Waals surface area contributed by atoms with E-state index >= 15 is 0 Å². The normalized spacial score (nSPS) is 9.55. The van der Waals surface area contributed by atoms with Crippen LogP contribution in [-0.2, 0) is 0 Å². The molecular weight excluding hydrogens is 140 g/mol. The minimum atomic E-state index is 0.0179. The van der Waals surface area contributed by atoms with Gasteiger partial charge in [0, 0.05) is 18.1 Å². The highest BCUT2D eigenvalue weighted by Gasteiger charge is 2.01. The van der Waals surface area contributed by atoms with Gasteiger partial charge in [-0.3, -0.25) is 4.79 Å². The maximum Gasteiger partial charge on any atom is 0.162 e. The maximum absolute atomic E-state index is 11.0. The summed E-state index contributed by atoms with van der Waals surface area (Å²) in [6.45, 7) is 1.79. The van der Waals surface area contributed by atoms with E-state index < -0.39 is 0 Å². The molecule has 0 aliphatic carbocycles. The molecule has 1 N–H and O–H groups in total. The number of phenolic OH excluding ortho intramolecular Hbond substituents is 1. The molecule has 0 aliphatic heterocycles. The summed E-state index contributed by atoms with van der Waals surface area (Å²) in [6.07, 6.45) is 0.462. The molecule has 2 nitrogen and oxygen atoms in total. The Bertz CT molecular complexity index is 266. The fraction of sp³-hybridized carbons (Fsp3) is 0.222. The summed E-state index contributed by atoms with van der Waals surface area (Å²) in [4.78, 5) is 11.0. The van der Waals surface area contributed by atoms with E-state index in [9.17, 15) is 4.79 Å². The summed E-state index contributed by atoms with van der Waals surface area (Å²) in [7, 11) is 0. The van der Waals surface area contributed by atoms with Crippen molar-refractivity contribution >= 4 is 5.78 Å². The van der Waals surface area contributed by atoms with Crippen LogP contribution in [0.5, 0.6) is 5.75 Å². The van der Waals surface area contributed by atoms with E-state index in [1.54, 1.807) is 13.0 Å². The van der Waals surface area contributed by atoms with Gasteiger partial charge in [-0.15, -0.1) is 0 Å². The minimum Gasteiger partial charge on any atom is -0.507 e. The highest BCUT2D eigenvalue weighted by molar-refractivity contribution is 5.96. The summed E-state index contributed by atoms with van der Waals surface area (Å²) >= 11 is 0. The van der Waals surface area contributed by atoms with Crippen LogP contribution in [0.25, 0.3) is 0 Å². The number of carbonyl (C=O) groups is 1. The fourth-order valence-electron chi connectivity index (χ4n) is 0.831. The van der Waals surface area contributed by atoms with Crippen LogP contribution in [0.15, 0.2) is 18.2 Å². The minimum absolute atomic E-state index is 0.0179. The Morgan fingerprint density at radius 2 is 2.45 bits per heavy atom. The highest BCUT2D eigenvalue weighted by Crippen LogP contribution is 2.11. The lowest BCUT2D eigenvalue weighted by Gasteiger charge is -1.96. The molecule has 0 aliphatic rings. The Morgan fingerprint density at radius 3 is 3.00 bits per heavy atom. The number of rotatable bonds is 2. The Morgan fingerprint density at radius 1 is 1.73 bits per heavy atom. The van der Waals surface area contributed by atoms with Crippen molar-refractivity contribution in [3.05, 3.63) is 29.8 Å². The third-order valence-electron chi connectivity index (χ3n) is 1.43. The number of Topliss-reactive ketones (excluding diaryl/α,β-unsaturated/α-hetero) is 1. The number of phenols is 1. The molecule has 0 saturated carbocycles. The van der Waals surface area contributed by atoms with Crippen molar-refractivity contribution in [1.29, 1.82) is 0 Å². The lowest BCUT2D eigenvalue weighted by molar-refractivity contribution is 0.0988. The number of hydrogen-bond acceptors (Lipinski definition) is 2. The maximum atomic E-state index is 11.0. The van der Waals surface area contributed by atoms with Crippen molar-refractivity contribution < 1.29 is 9.90 Å². The van der Waals surface area contributed by atoms with Gasteiger partial charge in [0.05, 0.1) is 0 Å². The van der Waals surface area contributed by atoms with Crippen LogP contribution in [0.3, 0.4) is 0 Å². The van der Waals surface area contributed by atoms with Crippen LogP contribution < -0.4 is 0 Å². The van der Waals surface area contributed by atoms with Gasteiger partial charge in [-0.1, -0.05) is 13.0 Å². The van der Waals surface area contributed by atoms with Crippen molar-refractivity contribution in [2.24, 2.45) is 0 Å². The van der Waals surface area contributed by atoms with Crippen LogP contribution in [0.1, 0.15) is 23.7 Å². The first-order chi connectivity index (χ1) is 5.24. The summed E-state index contributed by atoms with van der Waals surface area (Å²) in [6, 6.07) is 7.16. The van der Waals surface area contributed by atoms with E-state index in [-0.39, 0.29) is 11.5 Å². The van der Waals surface area contributed by atoms with E-state index in [1.165, 1.54) is 12.1 Å². The highest BCUT2D eigenvalue weighted by atomic mass is 16.3. The topological polar surface area (TPSA) is 37.3 Å². The lowest BCUT2D eigenvalue weighted by atomic mass is 10.1. The Balaban J connectivity index is 2.96. The summed E-state index contributed by atoms with van der Waals surface area (Å²) < 4.78 is 0. The van der Waals surface area contributed by atoms with Gasteiger partial charge in [-0.2, -0.15) is 0 Å². The second-order valence-corrected chi connectivity index (χ2v) is 2.24. The summed E-state index contributed by atoms with van der Waals surface area (Å²) in [5.74, 6) is 0.0543. The molecule has 0 bridgehead atoms. The van der Waals surface area contributed by atoms with Crippen LogP contribution >= 0.6 is 0 Å². The molecule has 1 radical (unpaired) electrons. The molecule has 11 heavy (non-hydrogen) atoms. The van der Waals surface area contributed by atoms with Crippen LogP contribution in [0.2, 0.25) is 0 Å². The standard InChI is InChI=1S/C9H9O2/c1-2-9(11)7-4-3-5-8(10)6-7/h3-4,6,10H,2H2,1H3. The molecule has 0 atom stereocenters. The monoisotopic (exact) mass is 149 g/mol. The molecule has 0 aromatic heterocycles. The molecule has 2 heteroatoms. The van der Waals surface area contributed by atoms with Crippen molar-refractivity contribution in [3.63, 3.8) is 0 Å². The molecule has 1 aromatic carbocycles. The first-order valence-electron chi connectivity index (χ1n) is 3.48. The molecule has 57 valence electrons. The zero-order chi connectivity index (χ0) is 8.27. The van der Waals surface area contributed by atoms with Gasteiger partial charge >= 0.3 is 0 Å². The average Bonchev–Trinajstić information content (AvgIpc) is 2.03. The first kappa shape index (κ1) is 7.79. The van der Waals surface area contributed by atoms with E-state index in [4.69, 9.17) is 5.11 Å². The number of aromatic hydroxyl groups is 1. The molecule has 0 unspecified atom stereocenters. The van der Waals surface area contributed by atoms with Gasteiger partial charge in [0.1, 0.15) is 5.75 Å². The number of hydrogen-bond donors (Lipinski definition) is 1. The number of benzene rings is 1. The summed E-state index contributed by atoms with van der Waals surface area (Å²) in [5.41, 5.74) is 0.545. The van der Waals surface area contributed by atoms with Crippen molar-refractivity contribution in [2.75, 3.05) is 0 Å². The van der Waals surface area contributed by atoms with Crippen molar-refractivity contribution in [1.82, 2.24) is 0 Å². The fourth-order valence-corrected chi connectivity index (χ4v) is 0.831. The largest absolute Gasteiger partial charge is 0.507 e. The summed E-state index contributed by atoms with van der Waals surface area (Å²) in [5, 5.41) is 8.95. The van der Waals surface area contributed by atoms with Crippen LogP contribution in [0, 0.1) is 6.07 Å². The van der Waals surface area contributed by atoms with Crippen molar-refractivity contribution in [2.45, 2.75) is 13.3 Å². The predicted octanol–water partition coefficient (Wildman–Crippen LogP) is 1.79. The molecule has 1 aromatic rings. The molecule has 0 fully saturated rings. The zero-order valence-corrected chi connectivity index (χ0v) is 6.29. The lowest BCUT2D eigenvalue weighted by Crippen LogP contribution is -1.94. The Labute approximate surface area is 65.5 Å². The van der Waals surface area contributed by atoms with E-state index in [2.05, 4.69) is 6.07 Å². The SMILES string of the molecule is CCC(=O)c1cc[c]c(O)c1. The first-order valence-corrected chi connectivity index (χ1v) is 3.48. The predicted molar refractivity (Wildman–Crippen MR) is 41.6 cm³/mol. The molecule has 0 amide bonds. The van der Waals surface area contributed by atoms with Gasteiger partial charge in [0.15, 0.2) is 5.78 Å². The third kappa shape index (κ3) is 1.80. The van der Waals surface area contributed by atoms with Gasteiger partial charge < -0.3 is 5.11 Å². The molecule has 0 heterocycles. The zero-order valence-electron chi connectivity index (χ0n) is 6.29. The second-order valence-electron chi connectivity index (χ2n) is 2.24. The molecule has 1 rings (SSSR count). The number of carbonyl (C=O) groups excluding carboxylic acids is 1. The molecule has 0 spiro atoms. The average molecular weight is 149 g/mol. The third-order valence-corrected chi connectivity index (χ3v) is 1.43. The van der Waals surface area contributed by atoms with Gasteiger partial charge in [0.25, 0.3) is 0 Å². The second kappa shape index (κ2) is 3.19. The van der Waals surface area contributed by atoms with Gasteiger partial charge in [-0.05, 0) is 12.1 Å². The quantitative estimate of drug-likeness (QED) is 0.651. The van der Waals surface area contributed by atoms with Crippen molar-refractivity contribution in [3.8, 4) is 5.75 Å². The van der Waals surface area contributed by atoms with Gasteiger partial charge in [-0.25, -0.2) is 0 Å². The number of ketones is 1. The Hall–Kier alpha value is -1.31. The van der Waals surface area contributed by atoms with E-state index in [0.29, 0.717) is 12.0 Å². The van der Waals surface area contributed by atoms with E-state index in [1.807, 2.05) is 0 Å². The van der Waals surface area contributed by atoms with E-state index in [0.717, 1.165) is 0 Å². The molecular formula is C9H9O2. The Kier molecular flexibility index (Phi) is 2.26. The smallest absolute Gasteiger partial charge is 0.162 e. The van der Waals surface area contributed by atoms with Gasteiger partial charge in [0.2, 0.25) is 0 Å². The molecule has 0 saturated heterocycles. The van der Waals surface area contributed by atoms with Crippen LogP contribution in [0.4, 0.5) is 0 Å².